The number of benzene rings is 1. The van der Waals surface area contributed by atoms with Gasteiger partial charge in [-0.15, -0.1) is 0 Å². The van der Waals surface area contributed by atoms with E-state index in [0.717, 1.165) is 25.1 Å². The van der Waals surface area contributed by atoms with Crippen LogP contribution in [0.4, 0.5) is 10.1 Å². The molecule has 8 heteroatoms. The Hall–Kier alpha value is -3.03. The Morgan fingerprint density at radius 1 is 1.19 bits per heavy atom. The summed E-state index contributed by atoms with van der Waals surface area (Å²) in [4.78, 5) is 39.4. The van der Waals surface area contributed by atoms with E-state index < -0.39 is 0 Å². The van der Waals surface area contributed by atoms with Gasteiger partial charge in [0.15, 0.2) is 0 Å². The molecule has 1 atom stereocenters. The highest BCUT2D eigenvalue weighted by Gasteiger charge is 2.27. The highest BCUT2D eigenvalue weighted by molar-refractivity contribution is 5.94. The van der Waals surface area contributed by atoms with Gasteiger partial charge in [-0.25, -0.2) is 14.4 Å². The monoisotopic (exact) mass is 427 g/mol. The highest BCUT2D eigenvalue weighted by Crippen LogP contribution is 2.25. The molecule has 31 heavy (non-hydrogen) atoms. The van der Waals surface area contributed by atoms with Crippen LogP contribution in [0.5, 0.6) is 0 Å². The van der Waals surface area contributed by atoms with Crippen molar-refractivity contribution in [3.63, 3.8) is 0 Å². The van der Waals surface area contributed by atoms with Gasteiger partial charge in [-0.2, -0.15) is 0 Å². The number of halogens is 1. The predicted molar refractivity (Wildman–Crippen MR) is 118 cm³/mol. The van der Waals surface area contributed by atoms with Gasteiger partial charge in [0.25, 0.3) is 5.91 Å². The lowest BCUT2D eigenvalue weighted by molar-refractivity contribution is -0.132. The van der Waals surface area contributed by atoms with Crippen molar-refractivity contribution in [3.8, 4) is 0 Å². The number of hydrogen-bond donors (Lipinski definition) is 0. The molecule has 1 aliphatic heterocycles. The van der Waals surface area contributed by atoms with Gasteiger partial charge in [0, 0.05) is 65.0 Å². The maximum atomic E-state index is 13.1. The minimum atomic E-state index is -0.274. The standard InChI is InChI=1S/C23H30FN5O2/c1-16-20(23(31)27(2)3)14-25-22(26-16)17-6-5-12-29(15-17)21(30)11-13-28(4)19-9-7-18(24)8-10-19/h7-10,14,17H,5-6,11-13,15H2,1-4H3/t17-/m0/s1. The Morgan fingerprint density at radius 2 is 1.90 bits per heavy atom. The number of hydrogen-bond acceptors (Lipinski definition) is 5. The van der Waals surface area contributed by atoms with Crippen molar-refractivity contribution < 1.29 is 14.0 Å². The minimum Gasteiger partial charge on any atom is -0.374 e. The Bertz CT molecular complexity index is 932. The summed E-state index contributed by atoms with van der Waals surface area (Å²) in [5.41, 5.74) is 2.04. The van der Waals surface area contributed by atoms with E-state index in [0.29, 0.717) is 36.6 Å². The van der Waals surface area contributed by atoms with Crippen LogP contribution in [0.2, 0.25) is 0 Å². The van der Waals surface area contributed by atoms with Crippen LogP contribution in [0.15, 0.2) is 30.5 Å². The molecule has 1 aromatic carbocycles. The molecule has 1 fully saturated rings. The molecular formula is C23H30FN5O2. The molecule has 0 aliphatic carbocycles. The van der Waals surface area contributed by atoms with Crippen molar-refractivity contribution >= 4 is 17.5 Å². The Kier molecular flexibility index (Phi) is 7.20. The zero-order chi connectivity index (χ0) is 22.5. The topological polar surface area (TPSA) is 69.6 Å². The molecule has 3 rings (SSSR count). The summed E-state index contributed by atoms with van der Waals surface area (Å²) in [5.74, 6) is 0.456. The van der Waals surface area contributed by atoms with E-state index in [9.17, 15) is 14.0 Å². The van der Waals surface area contributed by atoms with E-state index in [1.54, 1.807) is 32.4 Å². The number of likely N-dealkylation sites (tertiary alicyclic amines) is 1. The van der Waals surface area contributed by atoms with Crippen molar-refractivity contribution in [2.75, 3.05) is 45.7 Å². The van der Waals surface area contributed by atoms with Crippen molar-refractivity contribution in [1.29, 1.82) is 0 Å². The second-order valence-electron chi connectivity index (χ2n) is 8.25. The van der Waals surface area contributed by atoms with Crippen LogP contribution in [0.25, 0.3) is 0 Å². The third kappa shape index (κ3) is 5.57. The Labute approximate surface area is 182 Å². The maximum Gasteiger partial charge on any atom is 0.256 e. The lowest BCUT2D eigenvalue weighted by Gasteiger charge is -2.33. The third-order valence-electron chi connectivity index (χ3n) is 5.70. The molecule has 0 saturated carbocycles. The smallest absolute Gasteiger partial charge is 0.256 e. The maximum absolute atomic E-state index is 13.1. The average Bonchev–Trinajstić information content (AvgIpc) is 2.77. The Balaban J connectivity index is 1.59. The van der Waals surface area contributed by atoms with Crippen molar-refractivity contribution in [2.45, 2.75) is 32.1 Å². The molecule has 7 nitrogen and oxygen atoms in total. The van der Waals surface area contributed by atoms with Crippen LogP contribution >= 0.6 is 0 Å². The molecule has 1 aromatic heterocycles. The second-order valence-corrected chi connectivity index (χ2v) is 8.25. The largest absolute Gasteiger partial charge is 0.374 e. The summed E-state index contributed by atoms with van der Waals surface area (Å²) in [6.07, 6.45) is 3.79. The van der Waals surface area contributed by atoms with Crippen molar-refractivity contribution in [2.24, 2.45) is 0 Å². The fourth-order valence-corrected chi connectivity index (χ4v) is 3.79. The van der Waals surface area contributed by atoms with Gasteiger partial charge in [0.1, 0.15) is 11.6 Å². The first-order valence-electron chi connectivity index (χ1n) is 10.6. The van der Waals surface area contributed by atoms with Gasteiger partial charge in [-0.05, 0) is 44.0 Å². The predicted octanol–water partition coefficient (Wildman–Crippen LogP) is 2.86. The first-order chi connectivity index (χ1) is 14.8. The van der Waals surface area contributed by atoms with Gasteiger partial charge in [0.05, 0.1) is 11.3 Å². The molecule has 0 spiro atoms. The van der Waals surface area contributed by atoms with E-state index in [1.165, 1.54) is 17.0 Å². The number of piperidine rings is 1. The van der Waals surface area contributed by atoms with Gasteiger partial charge in [-0.3, -0.25) is 9.59 Å². The molecule has 0 N–H and O–H groups in total. The minimum absolute atomic E-state index is 0.0646. The average molecular weight is 428 g/mol. The molecule has 1 aliphatic rings. The number of anilines is 1. The van der Waals surface area contributed by atoms with E-state index in [1.807, 2.05) is 23.8 Å². The van der Waals surface area contributed by atoms with Crippen LogP contribution in [0.3, 0.4) is 0 Å². The Morgan fingerprint density at radius 3 is 2.55 bits per heavy atom. The fourth-order valence-electron chi connectivity index (χ4n) is 3.79. The first kappa shape index (κ1) is 22.7. The van der Waals surface area contributed by atoms with Gasteiger partial charge in [0.2, 0.25) is 5.91 Å². The number of aryl methyl sites for hydroxylation is 1. The molecular weight excluding hydrogens is 397 g/mol. The summed E-state index contributed by atoms with van der Waals surface area (Å²) in [5, 5.41) is 0. The normalized spacial score (nSPS) is 16.2. The van der Waals surface area contributed by atoms with Crippen LogP contribution in [0.1, 0.15) is 47.1 Å². The van der Waals surface area contributed by atoms with Crippen molar-refractivity contribution in [1.82, 2.24) is 19.8 Å². The molecule has 2 aromatic rings. The number of carbonyl (C=O) groups is 2. The molecule has 1 saturated heterocycles. The van der Waals surface area contributed by atoms with Crippen LogP contribution in [0, 0.1) is 12.7 Å². The summed E-state index contributed by atoms with van der Waals surface area (Å²) in [7, 11) is 5.30. The second kappa shape index (κ2) is 9.85. The fraction of sp³-hybridized carbons (Fsp3) is 0.478. The molecule has 166 valence electrons. The van der Waals surface area contributed by atoms with Gasteiger partial charge in [-0.1, -0.05) is 0 Å². The summed E-state index contributed by atoms with van der Waals surface area (Å²) in [6.45, 7) is 3.69. The van der Waals surface area contributed by atoms with E-state index >= 15 is 0 Å². The molecule has 0 radical (unpaired) electrons. The molecule has 2 amide bonds. The molecule has 0 bridgehead atoms. The van der Waals surface area contributed by atoms with Crippen LogP contribution in [-0.4, -0.2) is 72.4 Å². The first-order valence-corrected chi connectivity index (χ1v) is 10.6. The van der Waals surface area contributed by atoms with E-state index in [2.05, 4.69) is 9.97 Å². The summed E-state index contributed by atoms with van der Waals surface area (Å²) < 4.78 is 13.1. The summed E-state index contributed by atoms with van der Waals surface area (Å²) >= 11 is 0. The van der Waals surface area contributed by atoms with Gasteiger partial charge >= 0.3 is 0 Å². The van der Waals surface area contributed by atoms with Crippen molar-refractivity contribution in [3.05, 3.63) is 53.4 Å². The molecule has 2 heterocycles. The zero-order valence-corrected chi connectivity index (χ0v) is 18.6. The van der Waals surface area contributed by atoms with Crippen LogP contribution in [-0.2, 0) is 4.79 Å². The number of rotatable bonds is 6. The highest BCUT2D eigenvalue weighted by atomic mass is 19.1. The van der Waals surface area contributed by atoms with E-state index in [4.69, 9.17) is 0 Å². The summed E-state index contributed by atoms with van der Waals surface area (Å²) in [6, 6.07) is 6.26. The third-order valence-corrected chi connectivity index (χ3v) is 5.70. The van der Waals surface area contributed by atoms with Gasteiger partial charge < -0.3 is 14.7 Å². The van der Waals surface area contributed by atoms with Crippen LogP contribution < -0.4 is 4.90 Å². The molecule has 0 unspecified atom stereocenters. The quantitative estimate of drug-likeness (QED) is 0.709. The lowest BCUT2D eigenvalue weighted by Crippen LogP contribution is -2.40. The number of nitrogens with zero attached hydrogens (tertiary/aromatic N) is 5. The zero-order valence-electron chi connectivity index (χ0n) is 18.6. The lowest BCUT2D eigenvalue weighted by atomic mass is 9.96. The SMILES string of the molecule is Cc1nc([C@H]2CCCN(C(=O)CCN(C)c3ccc(F)cc3)C2)ncc1C(=O)N(C)C. The van der Waals surface area contributed by atoms with E-state index in [-0.39, 0.29) is 23.5 Å². The number of carbonyl (C=O) groups excluding carboxylic acids is 2. The number of aromatic nitrogens is 2. The number of amides is 2.